The molecule has 1 aromatic heterocycles. The van der Waals surface area contributed by atoms with Crippen LogP contribution in [0.15, 0.2) is 12.3 Å². The highest BCUT2D eigenvalue weighted by Gasteiger charge is 2.54. The molecule has 3 aliphatic rings. The summed E-state index contributed by atoms with van der Waals surface area (Å²) in [6, 6.07) is 1.96. The molecule has 4 nitrogen and oxygen atoms in total. The lowest BCUT2D eigenvalue weighted by Crippen LogP contribution is -2.48. The Morgan fingerprint density at radius 1 is 1.26 bits per heavy atom. The van der Waals surface area contributed by atoms with Crippen molar-refractivity contribution >= 4 is 17.6 Å². The van der Waals surface area contributed by atoms with Crippen LogP contribution in [0, 0.1) is 5.41 Å². The highest BCUT2D eigenvalue weighted by atomic mass is 35.5. The van der Waals surface area contributed by atoms with Crippen LogP contribution < -0.4 is 0 Å². The minimum Gasteiger partial charge on any atom is -0.469 e. The fraction of sp³-hybridized carbons (Fsp3) is 0.643. The molecular weight excluding hydrogens is 264 g/mol. The molecule has 19 heavy (non-hydrogen) atoms. The van der Waals surface area contributed by atoms with Crippen LogP contribution in [0.5, 0.6) is 0 Å². The first kappa shape index (κ1) is 12.9. The van der Waals surface area contributed by atoms with Gasteiger partial charge in [-0.05, 0) is 56.2 Å². The predicted molar refractivity (Wildman–Crippen MR) is 70.9 cm³/mol. The van der Waals surface area contributed by atoms with Crippen LogP contribution in [-0.4, -0.2) is 23.0 Å². The lowest BCUT2D eigenvalue weighted by Gasteiger charge is -2.51. The van der Waals surface area contributed by atoms with Crippen LogP contribution in [0.1, 0.15) is 44.2 Å². The number of nitrogens with zero attached hydrogens (tertiary/aromatic N) is 2. The Morgan fingerprint density at radius 2 is 1.89 bits per heavy atom. The highest BCUT2D eigenvalue weighted by molar-refractivity contribution is 6.28. The van der Waals surface area contributed by atoms with Crippen molar-refractivity contribution in [2.45, 2.75) is 43.9 Å². The Morgan fingerprint density at radius 3 is 2.42 bits per heavy atom. The van der Waals surface area contributed by atoms with Crippen molar-refractivity contribution in [1.82, 2.24) is 9.97 Å². The maximum Gasteiger partial charge on any atom is 0.311 e. The largest absolute Gasteiger partial charge is 0.469 e. The van der Waals surface area contributed by atoms with Gasteiger partial charge in [-0.1, -0.05) is 0 Å². The number of rotatable bonds is 2. The van der Waals surface area contributed by atoms with E-state index in [1.54, 1.807) is 6.20 Å². The molecule has 3 fully saturated rings. The molecule has 0 amide bonds. The zero-order valence-corrected chi connectivity index (χ0v) is 11.7. The van der Waals surface area contributed by atoms with Crippen molar-refractivity contribution < 1.29 is 9.53 Å². The van der Waals surface area contributed by atoms with Crippen LogP contribution >= 0.6 is 11.6 Å². The van der Waals surface area contributed by atoms with Crippen molar-refractivity contribution in [2.24, 2.45) is 5.41 Å². The summed E-state index contributed by atoms with van der Waals surface area (Å²) in [4.78, 5) is 20.3. The predicted octanol–water partition coefficient (Wildman–Crippen LogP) is 2.90. The number of carbonyl (C=O) groups is 1. The molecule has 0 spiro atoms. The van der Waals surface area contributed by atoms with Gasteiger partial charge >= 0.3 is 5.97 Å². The van der Waals surface area contributed by atoms with Crippen molar-refractivity contribution in [3.63, 3.8) is 0 Å². The van der Waals surface area contributed by atoms with E-state index in [-0.39, 0.29) is 16.8 Å². The van der Waals surface area contributed by atoms with E-state index in [0.29, 0.717) is 5.28 Å². The maximum absolute atomic E-state index is 12.0. The second kappa shape index (κ2) is 4.44. The molecule has 3 aliphatic carbocycles. The summed E-state index contributed by atoms with van der Waals surface area (Å²) in [5, 5.41) is 0.308. The van der Waals surface area contributed by atoms with Gasteiger partial charge in [0.05, 0.1) is 18.2 Å². The smallest absolute Gasteiger partial charge is 0.311 e. The molecule has 0 unspecified atom stereocenters. The van der Waals surface area contributed by atoms with Crippen molar-refractivity contribution in [3.05, 3.63) is 23.2 Å². The van der Waals surface area contributed by atoms with Gasteiger partial charge in [0.1, 0.15) is 0 Å². The summed E-state index contributed by atoms with van der Waals surface area (Å²) in [6.07, 6.45) is 7.33. The van der Waals surface area contributed by atoms with Crippen LogP contribution in [0.4, 0.5) is 0 Å². The van der Waals surface area contributed by atoms with Crippen LogP contribution in [-0.2, 0) is 14.9 Å². The first-order valence-electron chi connectivity index (χ1n) is 6.68. The second-order valence-electron chi connectivity index (χ2n) is 5.76. The Hall–Kier alpha value is -1.16. The van der Waals surface area contributed by atoms with E-state index >= 15 is 0 Å². The number of hydrogen-bond donors (Lipinski definition) is 0. The molecule has 5 heteroatoms. The Balaban J connectivity index is 1.87. The minimum atomic E-state index is -0.243. The van der Waals surface area contributed by atoms with Crippen LogP contribution in [0.25, 0.3) is 0 Å². The first-order valence-corrected chi connectivity index (χ1v) is 7.06. The molecule has 102 valence electrons. The van der Waals surface area contributed by atoms with E-state index in [1.165, 1.54) is 7.11 Å². The molecule has 0 aromatic carbocycles. The minimum absolute atomic E-state index is 0.0403. The Bertz CT molecular complexity index is 493. The fourth-order valence-electron chi connectivity index (χ4n) is 3.72. The van der Waals surface area contributed by atoms with Crippen LogP contribution in [0.3, 0.4) is 0 Å². The molecule has 1 heterocycles. The van der Waals surface area contributed by atoms with Gasteiger partial charge in [0, 0.05) is 11.6 Å². The number of carbonyl (C=O) groups excluding carboxylic acids is 1. The van der Waals surface area contributed by atoms with Gasteiger partial charge in [-0.2, -0.15) is 0 Å². The lowest BCUT2D eigenvalue weighted by molar-refractivity contribution is -0.160. The molecular formula is C14H17ClN2O2. The number of esters is 1. The van der Waals surface area contributed by atoms with E-state index < -0.39 is 0 Å². The number of fused-ring (bicyclic) bond motifs is 3. The molecule has 0 N–H and O–H groups in total. The van der Waals surface area contributed by atoms with Gasteiger partial charge in [0.2, 0.25) is 5.28 Å². The standard InChI is InChI=1S/C14H17ClN2O2/c1-19-11(18)14-6-3-13(4-7-14,5-8-14)10-2-9-16-12(15)17-10/h2,9H,3-8H2,1H3. The fourth-order valence-corrected chi connectivity index (χ4v) is 3.87. The normalized spacial score (nSPS) is 33.2. The van der Waals surface area contributed by atoms with E-state index in [9.17, 15) is 4.79 Å². The SMILES string of the molecule is COC(=O)C12CCC(c3ccnc(Cl)n3)(CC1)CC2. The average Bonchev–Trinajstić information content (AvgIpc) is 2.48. The molecule has 0 saturated heterocycles. The third-order valence-electron chi connectivity index (χ3n) is 5.03. The summed E-state index contributed by atoms with van der Waals surface area (Å²) in [6.45, 7) is 0. The zero-order chi connectivity index (χ0) is 13.5. The molecule has 0 radical (unpaired) electrons. The second-order valence-corrected chi connectivity index (χ2v) is 6.10. The third kappa shape index (κ3) is 1.93. The monoisotopic (exact) mass is 280 g/mol. The summed E-state index contributed by atoms with van der Waals surface area (Å²) in [7, 11) is 1.48. The summed E-state index contributed by atoms with van der Waals surface area (Å²) >= 11 is 5.90. The number of methoxy groups -OCH3 is 1. The quantitative estimate of drug-likeness (QED) is 0.617. The third-order valence-corrected chi connectivity index (χ3v) is 5.22. The number of halogens is 1. The van der Waals surface area contributed by atoms with Gasteiger partial charge in [0.15, 0.2) is 0 Å². The molecule has 3 saturated carbocycles. The summed E-state index contributed by atoms with van der Waals surface area (Å²) in [5.74, 6) is -0.0403. The number of aromatic nitrogens is 2. The van der Waals surface area contributed by atoms with Gasteiger partial charge in [-0.15, -0.1) is 0 Å². The van der Waals surface area contributed by atoms with Crippen LogP contribution in [0.2, 0.25) is 5.28 Å². The van der Waals surface area contributed by atoms with Crippen molar-refractivity contribution in [3.8, 4) is 0 Å². The van der Waals surface area contributed by atoms with E-state index in [2.05, 4.69) is 9.97 Å². The Kier molecular flexibility index (Phi) is 3.01. The summed E-state index contributed by atoms with van der Waals surface area (Å²) < 4.78 is 4.98. The zero-order valence-electron chi connectivity index (χ0n) is 11.0. The van der Waals surface area contributed by atoms with Crippen molar-refractivity contribution in [1.29, 1.82) is 0 Å². The maximum atomic E-state index is 12.0. The molecule has 1 aromatic rings. The number of ether oxygens (including phenoxy) is 1. The van der Waals surface area contributed by atoms with Gasteiger partial charge < -0.3 is 4.74 Å². The van der Waals surface area contributed by atoms with Gasteiger partial charge in [-0.3, -0.25) is 4.79 Å². The van der Waals surface area contributed by atoms with E-state index in [4.69, 9.17) is 16.3 Å². The molecule has 2 bridgehead atoms. The summed E-state index contributed by atoms with van der Waals surface area (Å²) in [5.41, 5.74) is 0.876. The topological polar surface area (TPSA) is 52.1 Å². The van der Waals surface area contributed by atoms with E-state index in [1.807, 2.05) is 6.07 Å². The molecule has 0 aliphatic heterocycles. The van der Waals surface area contributed by atoms with Crippen molar-refractivity contribution in [2.75, 3.05) is 7.11 Å². The average molecular weight is 281 g/mol. The van der Waals surface area contributed by atoms with E-state index in [0.717, 1.165) is 44.2 Å². The Labute approximate surface area is 117 Å². The van der Waals surface area contributed by atoms with Gasteiger partial charge in [-0.25, -0.2) is 9.97 Å². The molecule has 4 rings (SSSR count). The molecule has 0 atom stereocenters. The lowest BCUT2D eigenvalue weighted by atomic mass is 9.53. The highest BCUT2D eigenvalue weighted by Crippen LogP contribution is 2.57. The van der Waals surface area contributed by atoms with Gasteiger partial charge in [0.25, 0.3) is 0 Å². The first-order chi connectivity index (χ1) is 9.10. The number of hydrogen-bond acceptors (Lipinski definition) is 4.